The molecule has 1 aromatic heterocycles. The molecule has 2 saturated heterocycles. The van der Waals surface area contributed by atoms with Gasteiger partial charge in [0.2, 0.25) is 5.91 Å². The minimum absolute atomic E-state index is 0.0321. The predicted octanol–water partition coefficient (Wildman–Crippen LogP) is 4.96. The van der Waals surface area contributed by atoms with Crippen molar-refractivity contribution in [3.63, 3.8) is 0 Å². The number of carbonyl (C=O) groups excluding carboxylic acids is 2. The fourth-order valence-electron chi connectivity index (χ4n) is 5.81. The van der Waals surface area contributed by atoms with Gasteiger partial charge in [0.1, 0.15) is 11.9 Å². The van der Waals surface area contributed by atoms with E-state index in [1.807, 2.05) is 28.6 Å². The number of hydrogen-bond donors (Lipinski definition) is 1. The standard InChI is InChI=1S/C26H36N4O3/c1-29-24-20(26(32)30-12-6-2-3-7-13-30)16-19(27-23(31)15-18-9-4-5-10-18)17-21(24)28-25(29)22-11-8-14-33-22/h16-18,22H,2-15H2,1H3,(H,27,31)/t22-/m1/s1. The van der Waals surface area contributed by atoms with E-state index in [2.05, 4.69) is 5.32 Å². The van der Waals surface area contributed by atoms with E-state index in [0.717, 1.165) is 75.1 Å². The molecule has 0 unspecified atom stereocenters. The molecule has 5 rings (SSSR count). The van der Waals surface area contributed by atoms with Gasteiger partial charge >= 0.3 is 0 Å². The molecule has 33 heavy (non-hydrogen) atoms. The van der Waals surface area contributed by atoms with E-state index in [4.69, 9.17) is 9.72 Å². The molecule has 3 fully saturated rings. The lowest BCUT2D eigenvalue weighted by Crippen LogP contribution is -2.32. The molecule has 1 aromatic carbocycles. The number of aryl methyl sites for hydroxylation is 1. The van der Waals surface area contributed by atoms with Crippen LogP contribution in [-0.2, 0) is 16.6 Å². The van der Waals surface area contributed by atoms with E-state index in [1.54, 1.807) is 0 Å². The summed E-state index contributed by atoms with van der Waals surface area (Å²) in [7, 11) is 1.98. The molecule has 2 aliphatic heterocycles. The lowest BCUT2D eigenvalue weighted by molar-refractivity contribution is -0.117. The van der Waals surface area contributed by atoms with Crippen LogP contribution < -0.4 is 5.32 Å². The van der Waals surface area contributed by atoms with Gasteiger partial charge in [0.15, 0.2) is 0 Å². The Morgan fingerprint density at radius 3 is 2.48 bits per heavy atom. The number of likely N-dealkylation sites (tertiary alicyclic amines) is 1. The largest absolute Gasteiger partial charge is 0.370 e. The average molecular weight is 453 g/mol. The highest BCUT2D eigenvalue weighted by molar-refractivity contribution is 6.07. The van der Waals surface area contributed by atoms with Crippen LogP contribution in [0.2, 0.25) is 0 Å². The van der Waals surface area contributed by atoms with Crippen molar-refractivity contribution in [1.82, 2.24) is 14.5 Å². The Bertz CT molecular complexity index is 1010. The smallest absolute Gasteiger partial charge is 0.256 e. The quantitative estimate of drug-likeness (QED) is 0.696. The first-order chi connectivity index (χ1) is 16.1. The van der Waals surface area contributed by atoms with Gasteiger partial charge in [0.25, 0.3) is 5.91 Å². The molecule has 3 heterocycles. The number of amides is 2. The van der Waals surface area contributed by atoms with Crippen molar-refractivity contribution in [2.45, 2.75) is 76.7 Å². The van der Waals surface area contributed by atoms with Crippen molar-refractivity contribution in [2.75, 3.05) is 25.0 Å². The molecule has 0 bridgehead atoms. The summed E-state index contributed by atoms with van der Waals surface area (Å²) in [5, 5.41) is 3.08. The SMILES string of the molecule is Cn1c([C@H]2CCCO2)nc2cc(NC(=O)CC3CCCC3)cc(C(=O)N3CCCCCC3)c21. The Morgan fingerprint density at radius 2 is 1.79 bits per heavy atom. The van der Waals surface area contributed by atoms with Crippen molar-refractivity contribution >= 4 is 28.5 Å². The Balaban J connectivity index is 1.49. The molecular weight excluding hydrogens is 416 g/mol. The highest BCUT2D eigenvalue weighted by Crippen LogP contribution is 2.33. The number of hydrogen-bond acceptors (Lipinski definition) is 4. The molecule has 2 amide bonds. The molecule has 1 saturated carbocycles. The summed E-state index contributed by atoms with van der Waals surface area (Å²) in [5.74, 6) is 1.41. The number of anilines is 1. The maximum atomic E-state index is 13.7. The number of rotatable bonds is 5. The average Bonchev–Trinajstić information content (AvgIpc) is 3.52. The van der Waals surface area contributed by atoms with Gasteiger partial charge in [0.05, 0.1) is 16.6 Å². The lowest BCUT2D eigenvalue weighted by Gasteiger charge is -2.21. The van der Waals surface area contributed by atoms with Crippen LogP contribution in [0.5, 0.6) is 0 Å². The van der Waals surface area contributed by atoms with Gasteiger partial charge in [-0.05, 0) is 56.6 Å². The molecular formula is C26H36N4O3. The van der Waals surface area contributed by atoms with Gasteiger partial charge in [-0.25, -0.2) is 4.98 Å². The number of nitrogens with one attached hydrogen (secondary N) is 1. The molecule has 178 valence electrons. The number of ether oxygens (including phenoxy) is 1. The zero-order valence-electron chi connectivity index (χ0n) is 19.8. The molecule has 1 aliphatic carbocycles. The van der Waals surface area contributed by atoms with E-state index < -0.39 is 0 Å². The molecule has 1 atom stereocenters. The molecule has 7 heteroatoms. The number of carbonyl (C=O) groups is 2. The fraction of sp³-hybridized carbons (Fsp3) is 0.654. The highest BCUT2D eigenvalue weighted by atomic mass is 16.5. The summed E-state index contributed by atoms with van der Waals surface area (Å²) in [6.07, 6.45) is 11.6. The van der Waals surface area contributed by atoms with Crippen molar-refractivity contribution in [3.8, 4) is 0 Å². The van der Waals surface area contributed by atoms with E-state index in [1.165, 1.54) is 25.7 Å². The van der Waals surface area contributed by atoms with E-state index in [9.17, 15) is 9.59 Å². The Labute approximate surface area is 195 Å². The minimum atomic E-state index is -0.0380. The summed E-state index contributed by atoms with van der Waals surface area (Å²) in [4.78, 5) is 33.3. The molecule has 0 spiro atoms. The minimum Gasteiger partial charge on any atom is -0.370 e. The first kappa shape index (κ1) is 22.4. The van der Waals surface area contributed by atoms with Crippen LogP contribution in [0.25, 0.3) is 11.0 Å². The monoisotopic (exact) mass is 452 g/mol. The van der Waals surface area contributed by atoms with Gasteiger partial charge in [-0.1, -0.05) is 25.7 Å². The third-order valence-electron chi connectivity index (χ3n) is 7.58. The molecule has 3 aliphatic rings. The number of benzene rings is 1. The van der Waals surface area contributed by atoms with Gasteiger partial charge in [0, 0.05) is 38.9 Å². The van der Waals surface area contributed by atoms with Crippen LogP contribution >= 0.6 is 0 Å². The first-order valence-corrected chi connectivity index (χ1v) is 12.8. The Hall–Kier alpha value is -2.41. The second-order valence-corrected chi connectivity index (χ2v) is 10.0. The number of fused-ring (bicyclic) bond motifs is 1. The highest BCUT2D eigenvalue weighted by Gasteiger charge is 2.28. The maximum absolute atomic E-state index is 13.7. The summed E-state index contributed by atoms with van der Waals surface area (Å²) in [5.41, 5.74) is 2.88. The topological polar surface area (TPSA) is 76.5 Å². The zero-order valence-corrected chi connectivity index (χ0v) is 19.8. The van der Waals surface area contributed by atoms with Crippen LogP contribution in [0.1, 0.15) is 92.9 Å². The molecule has 7 nitrogen and oxygen atoms in total. The van der Waals surface area contributed by atoms with Gasteiger partial charge in [-0.15, -0.1) is 0 Å². The maximum Gasteiger partial charge on any atom is 0.256 e. The van der Waals surface area contributed by atoms with Crippen LogP contribution in [-0.4, -0.2) is 46.0 Å². The van der Waals surface area contributed by atoms with E-state index >= 15 is 0 Å². The van der Waals surface area contributed by atoms with Crippen molar-refractivity contribution in [1.29, 1.82) is 0 Å². The second-order valence-electron chi connectivity index (χ2n) is 10.0. The summed E-state index contributed by atoms with van der Waals surface area (Å²) >= 11 is 0. The number of nitrogens with zero attached hydrogens (tertiary/aromatic N) is 3. The summed E-state index contributed by atoms with van der Waals surface area (Å²) in [6, 6.07) is 3.78. The van der Waals surface area contributed by atoms with Gasteiger partial charge < -0.3 is 19.5 Å². The van der Waals surface area contributed by atoms with Crippen molar-refractivity contribution in [3.05, 3.63) is 23.5 Å². The first-order valence-electron chi connectivity index (χ1n) is 12.8. The zero-order chi connectivity index (χ0) is 22.8. The van der Waals surface area contributed by atoms with Crippen molar-refractivity contribution in [2.24, 2.45) is 13.0 Å². The Morgan fingerprint density at radius 1 is 1.03 bits per heavy atom. The molecule has 2 aromatic rings. The number of aromatic nitrogens is 2. The third kappa shape index (κ3) is 4.79. The Kier molecular flexibility index (Phi) is 6.67. The third-order valence-corrected chi connectivity index (χ3v) is 7.58. The van der Waals surface area contributed by atoms with Gasteiger partial charge in [-0.3, -0.25) is 9.59 Å². The van der Waals surface area contributed by atoms with E-state index in [-0.39, 0.29) is 17.9 Å². The fourth-order valence-corrected chi connectivity index (χ4v) is 5.81. The van der Waals surface area contributed by atoms with Gasteiger partial charge in [-0.2, -0.15) is 0 Å². The van der Waals surface area contributed by atoms with Crippen molar-refractivity contribution < 1.29 is 14.3 Å². The second kappa shape index (κ2) is 9.84. The van der Waals surface area contributed by atoms with E-state index in [0.29, 0.717) is 23.6 Å². The normalized spacial score (nSPS) is 22.1. The molecule has 1 N–H and O–H groups in total. The molecule has 0 radical (unpaired) electrons. The number of imidazole rings is 1. The summed E-state index contributed by atoms with van der Waals surface area (Å²) < 4.78 is 7.93. The van der Waals surface area contributed by atoms with Crippen LogP contribution in [0.3, 0.4) is 0 Å². The van der Waals surface area contributed by atoms with Crippen LogP contribution in [0.4, 0.5) is 5.69 Å². The van der Waals surface area contributed by atoms with Crippen LogP contribution in [0, 0.1) is 5.92 Å². The predicted molar refractivity (Wildman–Crippen MR) is 128 cm³/mol. The lowest BCUT2D eigenvalue weighted by atomic mass is 10.0. The van der Waals surface area contributed by atoms with Crippen LogP contribution in [0.15, 0.2) is 12.1 Å². The summed E-state index contributed by atoms with van der Waals surface area (Å²) in [6.45, 7) is 2.32.